The van der Waals surface area contributed by atoms with Gasteiger partial charge < -0.3 is 14.5 Å². The minimum atomic E-state index is -1.08. The van der Waals surface area contributed by atoms with Crippen molar-refractivity contribution in [2.45, 2.75) is 19.4 Å². The van der Waals surface area contributed by atoms with Crippen LogP contribution in [-0.4, -0.2) is 16.5 Å². The second-order valence-electron chi connectivity index (χ2n) is 7.23. The highest BCUT2D eigenvalue weighted by molar-refractivity contribution is 14.1. The summed E-state index contributed by atoms with van der Waals surface area (Å²) in [5.41, 5.74) is 1.74. The molecule has 0 fully saturated rings. The molecule has 4 aromatic rings. The number of benzene rings is 3. The summed E-state index contributed by atoms with van der Waals surface area (Å²) >= 11 is 8.15. The lowest BCUT2D eigenvalue weighted by atomic mass is 10.1. The number of carbonyl (C=O) groups excluding carboxylic acids is 1. The highest BCUT2D eigenvalue weighted by Gasteiger charge is 2.30. The predicted molar refractivity (Wildman–Crippen MR) is 127 cm³/mol. The molecule has 7 heteroatoms. The van der Waals surface area contributed by atoms with Gasteiger partial charge in [0, 0.05) is 19.8 Å². The van der Waals surface area contributed by atoms with Gasteiger partial charge in [-0.3, -0.25) is 4.79 Å². The van der Waals surface area contributed by atoms with Crippen LogP contribution in [0.25, 0.3) is 22.6 Å². The molecule has 1 amide bonds. The summed E-state index contributed by atoms with van der Waals surface area (Å²) in [6.07, 6.45) is 0. The Morgan fingerprint density at radius 1 is 1.07 bits per heavy atom. The molecule has 0 bridgehead atoms. The number of aromatic nitrogens is 1. The molecule has 0 spiro atoms. The molecule has 30 heavy (non-hydrogen) atoms. The minimum absolute atomic E-state index is 0.279. The Hall–Kier alpha value is -2.58. The zero-order valence-electron chi connectivity index (χ0n) is 16.3. The monoisotopic (exact) mass is 532 g/mol. The lowest BCUT2D eigenvalue weighted by Crippen LogP contribution is -2.42. The van der Waals surface area contributed by atoms with Crippen molar-refractivity contribution >= 4 is 56.9 Å². The lowest BCUT2D eigenvalue weighted by Gasteiger charge is -2.25. The summed E-state index contributed by atoms with van der Waals surface area (Å²) in [5.74, 6) is 0.822. The Labute approximate surface area is 192 Å². The van der Waals surface area contributed by atoms with Crippen molar-refractivity contribution in [2.75, 3.05) is 5.32 Å². The number of amides is 1. The van der Waals surface area contributed by atoms with Crippen LogP contribution in [0.3, 0.4) is 0 Å². The fraction of sp³-hybridized carbons (Fsp3) is 0.130. The third kappa shape index (κ3) is 4.60. The summed E-state index contributed by atoms with van der Waals surface area (Å²) in [5, 5.41) is 3.50. The van der Waals surface area contributed by atoms with Crippen molar-refractivity contribution in [1.82, 2.24) is 4.98 Å². The third-order valence-electron chi connectivity index (χ3n) is 4.47. The van der Waals surface area contributed by atoms with Crippen molar-refractivity contribution in [3.05, 3.63) is 75.3 Å². The van der Waals surface area contributed by atoms with E-state index in [1.165, 1.54) is 0 Å². The number of oxazole rings is 1. The molecule has 1 aromatic heterocycles. The molecule has 0 saturated carbocycles. The van der Waals surface area contributed by atoms with Gasteiger partial charge >= 0.3 is 0 Å². The number of hydrogen-bond acceptors (Lipinski definition) is 4. The highest BCUT2D eigenvalue weighted by Crippen LogP contribution is 2.27. The zero-order chi connectivity index (χ0) is 21.3. The standard InChI is InChI=1S/C23H18ClIN2O3/c1-23(2,30-18-10-5-15(24)6-11-18)22(28)26-17-9-12-20-19(13-17)27-21(29-20)14-3-7-16(25)8-4-14/h3-13H,1-2H3,(H,26,28). The minimum Gasteiger partial charge on any atom is -0.478 e. The molecule has 4 rings (SSSR count). The molecule has 0 aliphatic carbocycles. The maximum absolute atomic E-state index is 12.8. The van der Waals surface area contributed by atoms with E-state index in [0.717, 1.165) is 9.13 Å². The Kier molecular flexibility index (Phi) is 5.71. The summed E-state index contributed by atoms with van der Waals surface area (Å²) < 4.78 is 12.8. The van der Waals surface area contributed by atoms with Crippen molar-refractivity contribution in [3.8, 4) is 17.2 Å². The fourth-order valence-electron chi connectivity index (χ4n) is 2.85. The summed E-state index contributed by atoms with van der Waals surface area (Å²) in [7, 11) is 0. The van der Waals surface area contributed by atoms with Crippen LogP contribution < -0.4 is 10.1 Å². The van der Waals surface area contributed by atoms with Gasteiger partial charge in [-0.05, 0) is 103 Å². The quantitative estimate of drug-likeness (QED) is 0.296. The number of nitrogens with zero attached hydrogens (tertiary/aromatic N) is 1. The van der Waals surface area contributed by atoms with E-state index in [1.54, 1.807) is 56.3 Å². The largest absolute Gasteiger partial charge is 0.478 e. The highest BCUT2D eigenvalue weighted by atomic mass is 127. The average molecular weight is 533 g/mol. The SMILES string of the molecule is CC(C)(Oc1ccc(Cl)cc1)C(=O)Nc1ccc2oc(-c3ccc(I)cc3)nc2c1. The van der Waals surface area contributed by atoms with Crippen molar-refractivity contribution in [2.24, 2.45) is 0 Å². The van der Waals surface area contributed by atoms with Crippen LogP contribution in [0.2, 0.25) is 5.02 Å². The number of carbonyl (C=O) groups is 1. The first kappa shape index (κ1) is 20.7. The molecule has 3 aromatic carbocycles. The number of ether oxygens (including phenoxy) is 1. The van der Waals surface area contributed by atoms with Gasteiger partial charge in [0.15, 0.2) is 11.2 Å². The number of fused-ring (bicyclic) bond motifs is 1. The number of nitrogens with one attached hydrogen (secondary N) is 1. The molecule has 152 valence electrons. The van der Waals surface area contributed by atoms with E-state index in [2.05, 4.69) is 32.9 Å². The molecule has 0 radical (unpaired) electrons. The van der Waals surface area contributed by atoms with Crippen LogP contribution in [0.15, 0.2) is 71.1 Å². The van der Waals surface area contributed by atoms with Crippen LogP contribution in [0.4, 0.5) is 5.69 Å². The van der Waals surface area contributed by atoms with Crippen LogP contribution in [0.5, 0.6) is 5.75 Å². The van der Waals surface area contributed by atoms with Crippen LogP contribution in [-0.2, 0) is 4.79 Å². The molecule has 0 saturated heterocycles. The maximum Gasteiger partial charge on any atom is 0.267 e. The van der Waals surface area contributed by atoms with Gasteiger partial charge in [-0.1, -0.05) is 11.6 Å². The number of anilines is 1. The van der Waals surface area contributed by atoms with E-state index in [0.29, 0.717) is 33.4 Å². The summed E-state index contributed by atoms with van der Waals surface area (Å²) in [4.78, 5) is 17.3. The van der Waals surface area contributed by atoms with E-state index in [1.807, 2.05) is 24.3 Å². The van der Waals surface area contributed by atoms with Gasteiger partial charge in [-0.25, -0.2) is 4.98 Å². The summed E-state index contributed by atoms with van der Waals surface area (Å²) in [6.45, 7) is 3.42. The maximum atomic E-state index is 12.8. The normalized spacial score (nSPS) is 11.5. The van der Waals surface area contributed by atoms with E-state index in [9.17, 15) is 4.79 Å². The van der Waals surface area contributed by atoms with Crippen molar-refractivity contribution in [1.29, 1.82) is 0 Å². The van der Waals surface area contributed by atoms with Gasteiger partial charge in [0.25, 0.3) is 5.91 Å². The van der Waals surface area contributed by atoms with Gasteiger partial charge in [0.2, 0.25) is 5.89 Å². The second-order valence-corrected chi connectivity index (χ2v) is 8.91. The second kappa shape index (κ2) is 8.28. The lowest BCUT2D eigenvalue weighted by molar-refractivity contribution is -0.128. The van der Waals surface area contributed by atoms with E-state index in [4.69, 9.17) is 20.8 Å². The number of rotatable bonds is 5. The molecule has 0 aliphatic heterocycles. The van der Waals surface area contributed by atoms with Crippen LogP contribution in [0, 0.1) is 3.57 Å². The average Bonchev–Trinajstić information content (AvgIpc) is 3.13. The van der Waals surface area contributed by atoms with E-state index >= 15 is 0 Å². The van der Waals surface area contributed by atoms with Crippen LogP contribution in [0.1, 0.15) is 13.8 Å². The fourth-order valence-corrected chi connectivity index (χ4v) is 3.33. The van der Waals surface area contributed by atoms with E-state index in [-0.39, 0.29) is 5.91 Å². The smallest absolute Gasteiger partial charge is 0.267 e. The first-order chi connectivity index (χ1) is 14.3. The molecular weight excluding hydrogens is 515 g/mol. The molecule has 1 N–H and O–H groups in total. The molecular formula is C23H18ClIN2O3. The molecule has 5 nitrogen and oxygen atoms in total. The topological polar surface area (TPSA) is 64.4 Å². The van der Waals surface area contributed by atoms with Crippen molar-refractivity contribution in [3.63, 3.8) is 0 Å². The van der Waals surface area contributed by atoms with Crippen molar-refractivity contribution < 1.29 is 13.9 Å². The predicted octanol–water partition coefficient (Wildman–Crippen LogP) is 6.55. The first-order valence-electron chi connectivity index (χ1n) is 9.23. The van der Waals surface area contributed by atoms with Crippen LogP contribution >= 0.6 is 34.2 Å². The Morgan fingerprint density at radius 3 is 2.47 bits per heavy atom. The van der Waals surface area contributed by atoms with Gasteiger partial charge in [-0.15, -0.1) is 0 Å². The summed E-state index contributed by atoms with van der Waals surface area (Å²) in [6, 6.07) is 20.2. The number of hydrogen-bond donors (Lipinski definition) is 1. The zero-order valence-corrected chi connectivity index (χ0v) is 19.2. The molecule has 0 aliphatic rings. The Bertz CT molecular complexity index is 1200. The van der Waals surface area contributed by atoms with Gasteiger partial charge in [0.1, 0.15) is 11.3 Å². The van der Waals surface area contributed by atoms with Gasteiger partial charge in [0.05, 0.1) is 0 Å². The molecule has 1 heterocycles. The molecule has 0 unspecified atom stereocenters. The Morgan fingerprint density at radius 2 is 1.77 bits per heavy atom. The van der Waals surface area contributed by atoms with Gasteiger partial charge in [-0.2, -0.15) is 0 Å². The third-order valence-corrected chi connectivity index (χ3v) is 5.44. The first-order valence-corrected chi connectivity index (χ1v) is 10.7. The van der Waals surface area contributed by atoms with E-state index < -0.39 is 5.60 Å². The number of halogens is 2. The Balaban J connectivity index is 1.52. The molecule has 0 atom stereocenters.